The molecule has 0 saturated heterocycles. The summed E-state index contributed by atoms with van der Waals surface area (Å²) in [5.41, 5.74) is 5.08. The monoisotopic (exact) mass is 197 g/mol. The Balaban J connectivity index is 3.54. The van der Waals surface area contributed by atoms with Crippen LogP contribution in [0.2, 0.25) is 0 Å². The molecule has 0 amide bonds. The van der Waals surface area contributed by atoms with Crippen molar-refractivity contribution in [3.05, 3.63) is 26.9 Å². The zero-order valence-electron chi connectivity index (χ0n) is 6.61. The van der Waals surface area contributed by atoms with Crippen LogP contribution in [0.1, 0.15) is 5.56 Å². The molecule has 3 N–H and O–H groups in total. The summed E-state index contributed by atoms with van der Waals surface area (Å²) in [5.74, 6) is 1.51. The van der Waals surface area contributed by atoms with Crippen molar-refractivity contribution < 1.29 is 4.79 Å². The molecule has 0 aliphatic rings. The predicted molar refractivity (Wildman–Crippen MR) is 50.2 cm³/mol. The number of hydrogen-bond acceptors (Lipinski definition) is 4. The van der Waals surface area contributed by atoms with Crippen LogP contribution < -0.4 is 11.3 Å². The second-order valence-corrected chi connectivity index (χ2v) is 2.61. The fourth-order valence-electron chi connectivity index (χ4n) is 0.860. The average Bonchev–Trinajstić information content (AvgIpc) is 2.11. The molecule has 0 atom stereocenters. The number of aromatic amines is 1. The maximum Gasteiger partial charge on any atom is 0.263 e. The first-order chi connectivity index (χ1) is 6.20. The summed E-state index contributed by atoms with van der Waals surface area (Å²) in [5, 5.41) is 0. The standard InChI is InChI=1S/C7H7N3O2S/c8-4-10-6(12)5(1-2-11)3-9-7(10)13/h1,3H,4,8H2,(H,9,13). The summed E-state index contributed by atoms with van der Waals surface area (Å²) in [6, 6.07) is 0. The summed E-state index contributed by atoms with van der Waals surface area (Å²) in [4.78, 5) is 24.0. The van der Waals surface area contributed by atoms with E-state index in [9.17, 15) is 9.59 Å². The molecular formula is C7H7N3O2S. The fraction of sp³-hybridized carbons (Fsp3) is 0.143. The van der Waals surface area contributed by atoms with Gasteiger partial charge in [0.1, 0.15) is 5.94 Å². The van der Waals surface area contributed by atoms with Crippen LogP contribution in [0.15, 0.2) is 11.0 Å². The highest BCUT2D eigenvalue weighted by molar-refractivity contribution is 7.71. The molecule has 13 heavy (non-hydrogen) atoms. The zero-order chi connectivity index (χ0) is 9.84. The molecule has 1 aromatic rings. The molecule has 0 aromatic carbocycles. The Morgan fingerprint density at radius 3 is 3.00 bits per heavy atom. The van der Waals surface area contributed by atoms with Gasteiger partial charge in [0.2, 0.25) is 0 Å². The summed E-state index contributed by atoms with van der Waals surface area (Å²) >= 11 is 4.80. The molecule has 0 aliphatic carbocycles. The van der Waals surface area contributed by atoms with E-state index < -0.39 is 5.56 Å². The molecule has 6 heteroatoms. The molecule has 0 saturated carbocycles. The second kappa shape index (κ2) is 3.95. The van der Waals surface area contributed by atoms with E-state index in [-0.39, 0.29) is 17.0 Å². The highest BCUT2D eigenvalue weighted by Gasteiger charge is 2.00. The van der Waals surface area contributed by atoms with Crippen molar-refractivity contribution in [3.63, 3.8) is 0 Å². The van der Waals surface area contributed by atoms with Crippen molar-refractivity contribution in [1.82, 2.24) is 9.55 Å². The third-order valence-electron chi connectivity index (χ3n) is 1.49. The van der Waals surface area contributed by atoms with Crippen LogP contribution in [0.4, 0.5) is 0 Å². The largest absolute Gasteiger partial charge is 0.338 e. The zero-order valence-corrected chi connectivity index (χ0v) is 7.43. The molecule has 0 bridgehead atoms. The number of H-pyrrole nitrogens is 1. The lowest BCUT2D eigenvalue weighted by Crippen LogP contribution is -2.27. The van der Waals surface area contributed by atoms with Crippen molar-refractivity contribution in [2.45, 2.75) is 6.67 Å². The third kappa shape index (κ3) is 1.81. The summed E-state index contributed by atoms with van der Waals surface area (Å²) in [7, 11) is 0. The van der Waals surface area contributed by atoms with E-state index in [0.717, 1.165) is 10.6 Å². The lowest BCUT2D eigenvalue weighted by Gasteiger charge is -2.01. The van der Waals surface area contributed by atoms with E-state index in [1.807, 2.05) is 0 Å². The molecule has 0 radical (unpaired) electrons. The van der Waals surface area contributed by atoms with Gasteiger partial charge in [-0.15, -0.1) is 0 Å². The van der Waals surface area contributed by atoms with Crippen molar-refractivity contribution in [1.29, 1.82) is 0 Å². The minimum absolute atomic E-state index is 0.0191. The third-order valence-corrected chi connectivity index (χ3v) is 1.82. The van der Waals surface area contributed by atoms with E-state index in [4.69, 9.17) is 18.0 Å². The van der Waals surface area contributed by atoms with E-state index in [1.54, 1.807) is 0 Å². The van der Waals surface area contributed by atoms with Gasteiger partial charge in [-0.25, -0.2) is 4.79 Å². The molecular weight excluding hydrogens is 190 g/mol. The smallest absolute Gasteiger partial charge is 0.263 e. The molecule has 0 unspecified atom stereocenters. The first-order valence-corrected chi connectivity index (χ1v) is 3.85. The second-order valence-electron chi connectivity index (χ2n) is 2.23. The molecule has 0 aliphatic heterocycles. The summed E-state index contributed by atoms with van der Waals surface area (Å²) in [6.45, 7) is -0.0191. The summed E-state index contributed by atoms with van der Waals surface area (Å²) in [6.07, 6.45) is 2.38. The number of rotatable bonds is 2. The van der Waals surface area contributed by atoms with Gasteiger partial charge in [-0.2, -0.15) is 0 Å². The average molecular weight is 197 g/mol. The Morgan fingerprint density at radius 2 is 2.46 bits per heavy atom. The fourth-order valence-corrected chi connectivity index (χ4v) is 1.08. The van der Waals surface area contributed by atoms with E-state index in [2.05, 4.69) is 4.98 Å². The minimum atomic E-state index is -0.394. The van der Waals surface area contributed by atoms with Gasteiger partial charge >= 0.3 is 0 Å². The van der Waals surface area contributed by atoms with Gasteiger partial charge in [0.05, 0.1) is 12.2 Å². The molecule has 5 nitrogen and oxygen atoms in total. The molecule has 1 rings (SSSR count). The van der Waals surface area contributed by atoms with Crippen molar-refractivity contribution in [3.8, 4) is 0 Å². The van der Waals surface area contributed by atoms with E-state index in [1.165, 1.54) is 12.1 Å². The van der Waals surface area contributed by atoms with Gasteiger partial charge in [-0.05, 0) is 12.2 Å². The maximum absolute atomic E-state index is 11.4. The van der Waals surface area contributed by atoms with E-state index in [0.29, 0.717) is 0 Å². The van der Waals surface area contributed by atoms with Crippen LogP contribution >= 0.6 is 12.2 Å². The number of nitrogens with zero attached hydrogens (tertiary/aromatic N) is 1. The summed E-state index contributed by atoms with van der Waals surface area (Å²) < 4.78 is 1.38. The van der Waals surface area contributed by atoms with Crippen LogP contribution in [-0.4, -0.2) is 15.5 Å². The highest BCUT2D eigenvalue weighted by atomic mass is 32.1. The number of aromatic nitrogens is 2. The Morgan fingerprint density at radius 1 is 1.77 bits per heavy atom. The lowest BCUT2D eigenvalue weighted by molar-refractivity contribution is 0.570. The van der Waals surface area contributed by atoms with Crippen molar-refractivity contribution >= 4 is 24.2 Å². The quantitative estimate of drug-likeness (QED) is 0.502. The molecule has 1 aromatic heterocycles. The minimum Gasteiger partial charge on any atom is -0.338 e. The van der Waals surface area contributed by atoms with Crippen LogP contribution in [0.25, 0.3) is 6.08 Å². The number of nitrogens with one attached hydrogen (secondary N) is 1. The Bertz CT molecular complexity index is 467. The van der Waals surface area contributed by atoms with Gasteiger partial charge in [0.15, 0.2) is 4.77 Å². The number of nitrogens with two attached hydrogens (primary N) is 1. The molecule has 0 spiro atoms. The van der Waals surface area contributed by atoms with Gasteiger partial charge in [-0.1, -0.05) is 0 Å². The molecule has 68 valence electrons. The normalized spacial score (nSPS) is 9.31. The van der Waals surface area contributed by atoms with Crippen LogP contribution in [-0.2, 0) is 11.5 Å². The van der Waals surface area contributed by atoms with Crippen molar-refractivity contribution in [2.75, 3.05) is 0 Å². The first kappa shape index (κ1) is 9.60. The van der Waals surface area contributed by atoms with Gasteiger partial charge < -0.3 is 10.7 Å². The maximum atomic E-state index is 11.4. The van der Waals surface area contributed by atoms with E-state index >= 15 is 0 Å². The van der Waals surface area contributed by atoms with Gasteiger partial charge in [-0.3, -0.25) is 9.36 Å². The number of carbonyl (C=O) groups excluding carboxylic acids is 1. The molecule has 0 fully saturated rings. The van der Waals surface area contributed by atoms with Gasteiger partial charge in [0.25, 0.3) is 5.56 Å². The SMILES string of the molecule is NCn1c(=S)[nH]cc(C=C=O)c1=O. The Hall–Kier alpha value is -1.49. The predicted octanol–water partition coefficient (Wildman–Crippen LogP) is -0.333. The van der Waals surface area contributed by atoms with Crippen molar-refractivity contribution in [2.24, 2.45) is 5.73 Å². The lowest BCUT2D eigenvalue weighted by atomic mass is 10.3. The topological polar surface area (TPSA) is 80.9 Å². The van der Waals surface area contributed by atoms with Crippen LogP contribution in [0.3, 0.4) is 0 Å². The van der Waals surface area contributed by atoms with Crippen LogP contribution in [0, 0.1) is 4.77 Å². The Kier molecular flexibility index (Phi) is 2.92. The highest BCUT2D eigenvalue weighted by Crippen LogP contribution is 1.90. The van der Waals surface area contributed by atoms with Gasteiger partial charge in [0, 0.05) is 12.3 Å². The molecule has 1 heterocycles. The Labute approximate surface area is 78.5 Å². The van der Waals surface area contributed by atoms with Crippen LogP contribution in [0.5, 0.6) is 0 Å². The first-order valence-electron chi connectivity index (χ1n) is 3.44. The number of hydrogen-bond donors (Lipinski definition) is 2.